The number of thioether (sulfide) groups is 1. The highest BCUT2D eigenvalue weighted by atomic mass is 32.2. The maximum Gasteiger partial charge on any atom is 0.251 e. The number of aliphatic hydroxyl groups excluding tert-OH is 6. The van der Waals surface area contributed by atoms with Crippen molar-refractivity contribution in [2.45, 2.75) is 86.6 Å². The molecular weight excluding hydrogens is 813 g/mol. The number of amides is 2. The number of aliphatic hydroxyl groups is 6. The Morgan fingerprint density at radius 1 is 0.574 bits per heavy atom. The van der Waals surface area contributed by atoms with Gasteiger partial charge in [0.2, 0.25) is 0 Å². The summed E-state index contributed by atoms with van der Waals surface area (Å²) >= 11 is 0.710. The van der Waals surface area contributed by atoms with Crippen LogP contribution in [0.15, 0.2) is 84.9 Å². The van der Waals surface area contributed by atoms with Gasteiger partial charge in [0.05, 0.1) is 39.5 Å². The third-order valence-corrected chi connectivity index (χ3v) is 11.8. The lowest BCUT2D eigenvalue weighted by Crippen LogP contribution is -2.66. The highest BCUT2D eigenvalue weighted by Gasteiger charge is 2.51. The minimum Gasteiger partial charge on any atom is -0.497 e. The van der Waals surface area contributed by atoms with Gasteiger partial charge in [-0.2, -0.15) is 0 Å². The number of carbonyl (C=O) groups is 2. The predicted octanol–water partition coefficient (Wildman–Crippen LogP) is 1.99. The maximum atomic E-state index is 13.7. The van der Waals surface area contributed by atoms with Crippen molar-refractivity contribution in [3.63, 3.8) is 0 Å². The van der Waals surface area contributed by atoms with Crippen molar-refractivity contribution >= 4 is 23.6 Å². The fourth-order valence-corrected chi connectivity index (χ4v) is 8.19. The van der Waals surface area contributed by atoms with Crippen molar-refractivity contribution in [3.05, 3.63) is 118 Å². The van der Waals surface area contributed by atoms with Gasteiger partial charge >= 0.3 is 0 Å². The molecule has 61 heavy (non-hydrogen) atoms. The molecular formula is C44H52N2O14S. The number of carbonyl (C=O) groups excluding carboxylic acids is 2. The summed E-state index contributed by atoms with van der Waals surface area (Å²) in [5, 5.41) is 71.0. The lowest BCUT2D eigenvalue weighted by Gasteiger charge is -2.46. The van der Waals surface area contributed by atoms with Crippen molar-refractivity contribution in [3.8, 4) is 23.0 Å². The van der Waals surface area contributed by atoms with Crippen LogP contribution < -0.4 is 29.6 Å². The van der Waals surface area contributed by atoms with Crippen LogP contribution in [0.4, 0.5) is 0 Å². The molecule has 0 spiro atoms. The summed E-state index contributed by atoms with van der Waals surface area (Å²) < 4.78 is 34.3. The second kappa shape index (κ2) is 20.7. The Morgan fingerprint density at radius 2 is 0.934 bits per heavy atom. The fraction of sp³-hybridized carbons (Fsp3) is 0.409. The fourth-order valence-electron chi connectivity index (χ4n) is 6.85. The number of nitrogens with one attached hydrogen (secondary N) is 2. The molecule has 2 heterocycles. The zero-order valence-electron chi connectivity index (χ0n) is 34.0. The minimum atomic E-state index is -1.66. The molecule has 328 valence electrons. The Morgan fingerprint density at radius 3 is 1.28 bits per heavy atom. The summed E-state index contributed by atoms with van der Waals surface area (Å²) in [6.07, 6.45) is -9.12. The summed E-state index contributed by atoms with van der Waals surface area (Å²) in [5.41, 5.74) is 1.43. The zero-order valence-corrected chi connectivity index (χ0v) is 34.9. The van der Waals surface area contributed by atoms with Gasteiger partial charge in [0.1, 0.15) is 83.7 Å². The Hall–Kier alpha value is -4.95. The summed E-state index contributed by atoms with van der Waals surface area (Å²) in [6.45, 7) is 2.94. The van der Waals surface area contributed by atoms with Crippen LogP contribution in [0.3, 0.4) is 0 Å². The first-order chi connectivity index (χ1) is 29.3. The van der Waals surface area contributed by atoms with Gasteiger partial charge < -0.3 is 69.7 Å². The van der Waals surface area contributed by atoms with Crippen molar-refractivity contribution in [1.29, 1.82) is 0 Å². The molecule has 0 aromatic heterocycles. The molecule has 4 aromatic rings. The lowest BCUT2D eigenvalue weighted by atomic mass is 9.96. The van der Waals surface area contributed by atoms with Crippen LogP contribution in [0, 0.1) is 13.8 Å². The van der Waals surface area contributed by atoms with Crippen molar-refractivity contribution in [2.24, 2.45) is 0 Å². The minimum absolute atomic E-state index is 0.0827. The van der Waals surface area contributed by atoms with Crippen LogP contribution in [0.5, 0.6) is 23.0 Å². The van der Waals surface area contributed by atoms with E-state index in [-0.39, 0.29) is 24.3 Å². The third-order valence-electron chi connectivity index (χ3n) is 10.4. The van der Waals surface area contributed by atoms with Crippen LogP contribution in [0.25, 0.3) is 0 Å². The molecule has 2 aliphatic rings. The topological polar surface area (TPSA) is 235 Å². The molecule has 8 N–H and O–H groups in total. The van der Waals surface area contributed by atoms with Gasteiger partial charge in [-0.15, -0.1) is 0 Å². The molecule has 6 rings (SSSR count). The first-order valence-electron chi connectivity index (χ1n) is 19.6. The standard InChI is InChI=1S/C44H52N2O14S/c1-23-5-9-25(10-6-23)21-57-31-15-27(13-29(17-31)55-3)41(53)45-35-37(49)33(19-47)59-43(39(35)51)61-44-40(52)36(38(50)34(20-48)60-44)46-42(54)28-14-30(56-4)18-32(16-28)58-22-26-11-7-24(2)8-12-26/h5-18,33-40,43-44,47-52H,19-22H2,1-4H3,(H,45,53)(H,46,54)/t33-,34+,35-,36?,37-,38-,39+,40?,43?,44?/m0/s1. The van der Waals surface area contributed by atoms with Gasteiger partial charge in [-0.1, -0.05) is 71.4 Å². The molecule has 4 unspecified atom stereocenters. The molecule has 4 aromatic carbocycles. The highest BCUT2D eigenvalue weighted by molar-refractivity contribution is 8.00. The number of aryl methyl sites for hydroxylation is 2. The van der Waals surface area contributed by atoms with Gasteiger partial charge in [0.15, 0.2) is 0 Å². The number of methoxy groups -OCH3 is 2. The molecule has 0 aliphatic carbocycles. The zero-order chi connectivity index (χ0) is 43.8. The highest BCUT2D eigenvalue weighted by Crippen LogP contribution is 2.37. The monoisotopic (exact) mass is 864 g/mol. The third kappa shape index (κ3) is 11.3. The average Bonchev–Trinajstić information content (AvgIpc) is 3.27. The number of hydrogen-bond acceptors (Lipinski definition) is 15. The number of ether oxygens (including phenoxy) is 6. The maximum absolute atomic E-state index is 13.7. The van der Waals surface area contributed by atoms with Gasteiger partial charge in [-0.3, -0.25) is 9.59 Å². The van der Waals surface area contributed by atoms with Crippen LogP contribution in [0.2, 0.25) is 0 Å². The molecule has 2 amide bonds. The molecule has 16 nitrogen and oxygen atoms in total. The summed E-state index contributed by atoms with van der Waals surface area (Å²) in [7, 11) is 2.85. The Bertz CT molecular complexity index is 1940. The van der Waals surface area contributed by atoms with E-state index in [1.54, 1.807) is 12.1 Å². The summed E-state index contributed by atoms with van der Waals surface area (Å²) in [5.74, 6) is -0.167. The molecule has 2 aliphatic heterocycles. The largest absolute Gasteiger partial charge is 0.497 e. The molecule has 0 bridgehead atoms. The van der Waals surface area contributed by atoms with Crippen molar-refractivity contribution in [2.75, 3.05) is 27.4 Å². The van der Waals surface area contributed by atoms with Crippen LogP contribution in [0.1, 0.15) is 43.0 Å². The Balaban J connectivity index is 1.15. The number of hydrogen-bond donors (Lipinski definition) is 8. The molecule has 2 fully saturated rings. The van der Waals surface area contributed by atoms with Gasteiger partial charge in [0, 0.05) is 23.3 Å². The molecule has 10 atom stereocenters. The summed E-state index contributed by atoms with van der Waals surface area (Å²) in [4.78, 5) is 27.4. The van der Waals surface area contributed by atoms with Crippen LogP contribution >= 0.6 is 11.8 Å². The summed E-state index contributed by atoms with van der Waals surface area (Å²) in [6, 6.07) is 21.7. The lowest BCUT2D eigenvalue weighted by molar-refractivity contribution is -0.175. The average molecular weight is 865 g/mol. The Labute approximate surface area is 357 Å². The van der Waals surface area contributed by atoms with E-state index >= 15 is 0 Å². The molecule has 2 saturated heterocycles. The number of rotatable bonds is 16. The smallest absolute Gasteiger partial charge is 0.251 e. The van der Waals surface area contributed by atoms with E-state index in [2.05, 4.69) is 10.6 Å². The van der Waals surface area contributed by atoms with Gasteiger partial charge in [0.25, 0.3) is 11.8 Å². The van der Waals surface area contributed by atoms with E-state index in [0.29, 0.717) is 34.8 Å². The first kappa shape index (κ1) is 45.6. The molecule has 0 saturated carbocycles. The van der Waals surface area contributed by atoms with Gasteiger partial charge in [-0.25, -0.2) is 0 Å². The predicted molar refractivity (Wildman–Crippen MR) is 223 cm³/mol. The van der Waals surface area contributed by atoms with Crippen molar-refractivity contribution < 1.29 is 68.6 Å². The molecule has 0 radical (unpaired) electrons. The number of benzene rings is 4. The molecule has 17 heteroatoms. The SMILES string of the molecule is COc1cc(OCc2ccc(C)cc2)cc(C(=O)NC2C(O)C(SC3O[C@@H](CO)[C@H](O)[C@H](NC(=O)c4cc(OC)cc(OCc5ccc(C)cc5)c4)[C@H]3O)O[C@H](CO)[C@@H]2O)c1. The van der Waals surface area contributed by atoms with E-state index < -0.39 is 84.6 Å². The Kier molecular flexibility index (Phi) is 15.5. The second-order valence-electron chi connectivity index (χ2n) is 14.9. The van der Waals surface area contributed by atoms with E-state index in [0.717, 1.165) is 22.3 Å². The van der Waals surface area contributed by atoms with E-state index in [1.165, 1.54) is 38.5 Å². The van der Waals surface area contributed by atoms with Crippen molar-refractivity contribution in [1.82, 2.24) is 10.6 Å². The van der Waals surface area contributed by atoms with Crippen LogP contribution in [-0.4, -0.2) is 129 Å². The van der Waals surface area contributed by atoms with E-state index in [4.69, 9.17) is 28.4 Å². The van der Waals surface area contributed by atoms with Gasteiger partial charge in [-0.05, 0) is 49.2 Å². The first-order valence-corrected chi connectivity index (χ1v) is 20.5. The van der Waals surface area contributed by atoms with E-state index in [1.807, 2.05) is 62.4 Å². The normalized spacial score (nSPS) is 26.2. The van der Waals surface area contributed by atoms with Crippen LogP contribution in [-0.2, 0) is 22.7 Å². The quantitative estimate of drug-likeness (QED) is 0.0805. The van der Waals surface area contributed by atoms with E-state index in [9.17, 15) is 40.2 Å². The second-order valence-corrected chi connectivity index (χ2v) is 16.1.